The molecule has 2 N–H and O–H groups in total. The highest BCUT2D eigenvalue weighted by atomic mass is 16.5. The minimum Gasteiger partial charge on any atom is -0.383 e. The van der Waals surface area contributed by atoms with Crippen LogP contribution in [0.1, 0.15) is 27.2 Å². The normalized spacial score (nSPS) is 9.69. The topological polar surface area (TPSA) is 38.5 Å². The summed E-state index contributed by atoms with van der Waals surface area (Å²) >= 11 is 0. The van der Waals surface area contributed by atoms with Crippen LogP contribution in [0.25, 0.3) is 0 Å². The molecule has 0 bridgehead atoms. The summed E-state index contributed by atoms with van der Waals surface area (Å²) in [5, 5.41) is 0. The summed E-state index contributed by atoms with van der Waals surface area (Å²) < 4.78 is 4.98. The average Bonchev–Trinajstić information content (AvgIpc) is 2.21. The lowest BCUT2D eigenvalue weighted by atomic mass is 10.4. The van der Waals surface area contributed by atoms with E-state index in [0.717, 1.165) is 39.2 Å². The van der Waals surface area contributed by atoms with E-state index in [1.807, 2.05) is 13.8 Å². The molecule has 13 heavy (non-hydrogen) atoms. The third-order valence-electron chi connectivity index (χ3n) is 1.74. The van der Waals surface area contributed by atoms with E-state index in [2.05, 4.69) is 11.8 Å². The Hall–Kier alpha value is -0.120. The molecule has 0 rings (SSSR count). The van der Waals surface area contributed by atoms with E-state index in [-0.39, 0.29) is 0 Å². The fraction of sp³-hybridized carbons (Fsp3) is 1.00. The van der Waals surface area contributed by atoms with Gasteiger partial charge in [-0.1, -0.05) is 20.8 Å². The summed E-state index contributed by atoms with van der Waals surface area (Å²) in [6.45, 7) is 11.0. The van der Waals surface area contributed by atoms with Crippen LogP contribution in [0.2, 0.25) is 0 Å². The van der Waals surface area contributed by atoms with Gasteiger partial charge in [-0.05, 0) is 26.1 Å². The molecule has 0 fully saturated rings. The molecule has 0 saturated carbocycles. The summed E-state index contributed by atoms with van der Waals surface area (Å²) in [5.74, 6) is 0. The van der Waals surface area contributed by atoms with Crippen LogP contribution in [0.5, 0.6) is 0 Å². The van der Waals surface area contributed by atoms with Crippen molar-refractivity contribution in [2.24, 2.45) is 5.73 Å². The van der Waals surface area contributed by atoms with Crippen LogP contribution in [0, 0.1) is 0 Å². The quantitative estimate of drug-likeness (QED) is 0.658. The Bertz CT molecular complexity index is 71.3. The van der Waals surface area contributed by atoms with Gasteiger partial charge < -0.3 is 15.4 Å². The molecule has 0 aliphatic carbocycles. The number of methoxy groups -OCH3 is 1. The molecule has 0 aromatic carbocycles. The van der Waals surface area contributed by atoms with Gasteiger partial charge in [0, 0.05) is 13.7 Å². The number of rotatable bonds is 7. The maximum Gasteiger partial charge on any atom is 0.0589 e. The lowest BCUT2D eigenvalue weighted by molar-refractivity contribution is 0.150. The van der Waals surface area contributed by atoms with Crippen molar-refractivity contribution in [3.05, 3.63) is 0 Å². The van der Waals surface area contributed by atoms with Crippen molar-refractivity contribution in [1.82, 2.24) is 4.90 Å². The maximum absolute atomic E-state index is 5.40. The molecule has 0 unspecified atom stereocenters. The summed E-state index contributed by atoms with van der Waals surface area (Å²) in [6.07, 6.45) is 1.08. The van der Waals surface area contributed by atoms with Crippen LogP contribution in [0.3, 0.4) is 0 Å². The van der Waals surface area contributed by atoms with Gasteiger partial charge in [0.2, 0.25) is 0 Å². The van der Waals surface area contributed by atoms with Gasteiger partial charge in [0.15, 0.2) is 0 Å². The van der Waals surface area contributed by atoms with Crippen LogP contribution in [0.4, 0.5) is 0 Å². The van der Waals surface area contributed by atoms with Crippen molar-refractivity contribution in [2.45, 2.75) is 27.2 Å². The van der Waals surface area contributed by atoms with Crippen molar-refractivity contribution in [2.75, 3.05) is 39.9 Å². The second-order valence-corrected chi connectivity index (χ2v) is 2.57. The minimum atomic E-state index is 0.781. The second kappa shape index (κ2) is 14.4. The zero-order valence-corrected chi connectivity index (χ0v) is 9.68. The monoisotopic (exact) mass is 190 g/mol. The highest BCUT2D eigenvalue weighted by Gasteiger charge is 1.99. The molecule has 0 heterocycles. The molecular weight excluding hydrogens is 164 g/mol. The summed E-state index contributed by atoms with van der Waals surface area (Å²) in [4.78, 5) is 2.34. The molecule has 0 spiro atoms. The Morgan fingerprint density at radius 1 is 1.23 bits per heavy atom. The molecular formula is C10H26N2O. The van der Waals surface area contributed by atoms with E-state index in [1.54, 1.807) is 7.11 Å². The Labute approximate surface area is 83.2 Å². The number of likely N-dealkylation sites (N-methyl/N-ethyl adjacent to an activating group) is 1. The molecule has 3 nitrogen and oxygen atoms in total. The van der Waals surface area contributed by atoms with Crippen LogP contribution in [-0.2, 0) is 4.74 Å². The minimum absolute atomic E-state index is 0.781. The number of ether oxygens (including phenoxy) is 1. The van der Waals surface area contributed by atoms with Gasteiger partial charge in [-0.3, -0.25) is 0 Å². The smallest absolute Gasteiger partial charge is 0.0589 e. The highest BCUT2D eigenvalue weighted by Crippen LogP contribution is 1.89. The predicted molar refractivity (Wildman–Crippen MR) is 59.0 cm³/mol. The van der Waals surface area contributed by atoms with Gasteiger partial charge in [-0.2, -0.15) is 0 Å². The summed E-state index contributed by atoms with van der Waals surface area (Å²) in [5.41, 5.74) is 5.40. The number of nitrogens with two attached hydrogens (primary N) is 1. The van der Waals surface area contributed by atoms with Crippen LogP contribution < -0.4 is 5.73 Å². The second-order valence-electron chi connectivity index (χ2n) is 2.57. The average molecular weight is 190 g/mol. The van der Waals surface area contributed by atoms with Crippen molar-refractivity contribution in [3.63, 3.8) is 0 Å². The standard InChI is InChI=1S/C8H20N2O.C2H6/c1-3-10(6-4-5-9)7-8-11-2;1-2/h3-9H2,1-2H3;1-2H3. The van der Waals surface area contributed by atoms with Gasteiger partial charge in [-0.15, -0.1) is 0 Å². The first kappa shape index (κ1) is 15.4. The Morgan fingerprint density at radius 2 is 1.85 bits per heavy atom. The summed E-state index contributed by atoms with van der Waals surface area (Å²) in [6, 6.07) is 0. The first-order valence-electron chi connectivity index (χ1n) is 5.26. The van der Waals surface area contributed by atoms with Crippen molar-refractivity contribution < 1.29 is 4.74 Å². The van der Waals surface area contributed by atoms with Crippen LogP contribution in [-0.4, -0.2) is 44.8 Å². The van der Waals surface area contributed by atoms with Crippen molar-refractivity contribution in [1.29, 1.82) is 0 Å². The molecule has 0 aromatic rings. The molecule has 0 radical (unpaired) electrons. The van der Waals surface area contributed by atoms with Crippen LogP contribution in [0.15, 0.2) is 0 Å². The van der Waals surface area contributed by atoms with Crippen LogP contribution >= 0.6 is 0 Å². The molecule has 0 atom stereocenters. The number of hydrogen-bond acceptors (Lipinski definition) is 3. The third-order valence-corrected chi connectivity index (χ3v) is 1.74. The largest absolute Gasteiger partial charge is 0.383 e. The Morgan fingerprint density at radius 3 is 2.23 bits per heavy atom. The highest BCUT2D eigenvalue weighted by molar-refractivity contribution is 4.54. The van der Waals surface area contributed by atoms with Gasteiger partial charge in [0.1, 0.15) is 0 Å². The van der Waals surface area contributed by atoms with Gasteiger partial charge in [-0.25, -0.2) is 0 Å². The SMILES string of the molecule is CC.CCN(CCCN)CCOC. The number of nitrogens with zero attached hydrogens (tertiary/aromatic N) is 1. The molecule has 0 saturated heterocycles. The fourth-order valence-corrected chi connectivity index (χ4v) is 0.963. The Balaban J connectivity index is 0. The zero-order chi connectivity index (χ0) is 10.5. The predicted octanol–water partition coefficient (Wildman–Crippen LogP) is 1.33. The summed E-state index contributed by atoms with van der Waals surface area (Å²) in [7, 11) is 1.73. The molecule has 82 valence electrons. The van der Waals surface area contributed by atoms with E-state index in [0.29, 0.717) is 0 Å². The molecule has 0 aliphatic heterocycles. The first-order chi connectivity index (χ1) is 6.35. The lowest BCUT2D eigenvalue weighted by Crippen LogP contribution is -2.29. The Kier molecular flexibility index (Phi) is 17.0. The lowest BCUT2D eigenvalue weighted by Gasteiger charge is -2.18. The first-order valence-corrected chi connectivity index (χ1v) is 5.26. The zero-order valence-electron chi connectivity index (χ0n) is 9.68. The van der Waals surface area contributed by atoms with Gasteiger partial charge in [0.05, 0.1) is 6.61 Å². The molecule has 0 aromatic heterocycles. The van der Waals surface area contributed by atoms with Crippen molar-refractivity contribution >= 4 is 0 Å². The van der Waals surface area contributed by atoms with E-state index in [9.17, 15) is 0 Å². The van der Waals surface area contributed by atoms with Crippen molar-refractivity contribution in [3.8, 4) is 0 Å². The van der Waals surface area contributed by atoms with E-state index in [1.165, 1.54) is 0 Å². The fourth-order valence-electron chi connectivity index (χ4n) is 0.963. The van der Waals surface area contributed by atoms with E-state index in [4.69, 9.17) is 10.5 Å². The molecule has 3 heteroatoms. The third kappa shape index (κ3) is 11.9. The van der Waals surface area contributed by atoms with Gasteiger partial charge in [0.25, 0.3) is 0 Å². The van der Waals surface area contributed by atoms with Gasteiger partial charge >= 0.3 is 0 Å². The number of hydrogen-bond donors (Lipinski definition) is 1. The molecule has 0 aliphatic rings. The van der Waals surface area contributed by atoms with E-state index >= 15 is 0 Å². The molecule has 0 amide bonds. The maximum atomic E-state index is 5.40. The van der Waals surface area contributed by atoms with E-state index < -0.39 is 0 Å².